The first-order valence-electron chi connectivity index (χ1n) is 15.9. The molecule has 2 heteroatoms. The van der Waals surface area contributed by atoms with E-state index in [1.54, 1.807) is 0 Å². The number of fused-ring (bicyclic) bond motifs is 7. The maximum absolute atomic E-state index is 4.87. The fourth-order valence-electron chi connectivity index (χ4n) is 7.43. The summed E-state index contributed by atoms with van der Waals surface area (Å²) < 4.78 is 2.38. The quantitative estimate of drug-likeness (QED) is 0.201. The van der Waals surface area contributed by atoms with Crippen molar-refractivity contribution in [3.05, 3.63) is 181 Å². The van der Waals surface area contributed by atoms with E-state index in [1.807, 2.05) is 12.3 Å². The highest BCUT2D eigenvalue weighted by molar-refractivity contribution is 6.06. The van der Waals surface area contributed by atoms with Gasteiger partial charge in [0.2, 0.25) is 0 Å². The molecule has 0 fully saturated rings. The molecule has 0 bridgehead atoms. The van der Waals surface area contributed by atoms with Gasteiger partial charge in [-0.2, -0.15) is 0 Å². The van der Waals surface area contributed by atoms with Gasteiger partial charge in [0.1, 0.15) is 5.82 Å². The molecule has 2 heterocycles. The molecule has 0 unspecified atom stereocenters. The van der Waals surface area contributed by atoms with Crippen molar-refractivity contribution in [1.29, 1.82) is 0 Å². The Bertz CT molecular complexity index is 2310. The zero-order valence-electron chi connectivity index (χ0n) is 25.3. The van der Waals surface area contributed by atoms with Crippen LogP contribution in [0.3, 0.4) is 0 Å². The molecule has 2 aromatic heterocycles. The van der Waals surface area contributed by atoms with Crippen LogP contribution < -0.4 is 0 Å². The highest BCUT2D eigenvalue weighted by Gasteiger charge is 2.29. The van der Waals surface area contributed by atoms with Gasteiger partial charge in [-0.1, -0.05) is 146 Å². The number of aromatic nitrogens is 2. The van der Waals surface area contributed by atoms with Crippen molar-refractivity contribution in [2.45, 2.75) is 6.42 Å². The van der Waals surface area contributed by atoms with Gasteiger partial charge in [-0.25, -0.2) is 4.98 Å². The molecular formula is C44H30N2. The molecule has 0 amide bonds. The fraction of sp³-hybridized carbons (Fsp3) is 0.0227. The molecule has 1 aliphatic rings. The van der Waals surface area contributed by atoms with Gasteiger partial charge in [-0.05, 0) is 73.8 Å². The largest absolute Gasteiger partial charge is 0.297 e. The summed E-state index contributed by atoms with van der Waals surface area (Å²) in [5, 5.41) is 1.25. The molecule has 8 aromatic rings. The second-order valence-corrected chi connectivity index (χ2v) is 11.9. The molecule has 0 saturated heterocycles. The van der Waals surface area contributed by atoms with Gasteiger partial charge in [0.25, 0.3) is 0 Å². The first-order chi connectivity index (χ1) is 22.9. The van der Waals surface area contributed by atoms with Gasteiger partial charge in [-0.3, -0.25) is 4.57 Å². The van der Waals surface area contributed by atoms with Crippen molar-refractivity contribution in [3.63, 3.8) is 0 Å². The lowest BCUT2D eigenvalue weighted by molar-refractivity contribution is 0.953. The molecule has 1 aliphatic carbocycles. The summed E-state index contributed by atoms with van der Waals surface area (Å²) in [6, 6.07) is 59.1. The molecule has 0 atom stereocenters. The normalized spacial score (nSPS) is 11.8. The molecule has 9 rings (SSSR count). The van der Waals surface area contributed by atoms with Gasteiger partial charge in [0, 0.05) is 29.3 Å². The number of para-hydroxylation sites is 1. The third-order valence-electron chi connectivity index (χ3n) is 9.36. The Balaban J connectivity index is 1.40. The number of hydrogen-bond donors (Lipinski definition) is 0. The molecule has 46 heavy (non-hydrogen) atoms. The average molecular weight is 587 g/mol. The van der Waals surface area contributed by atoms with E-state index >= 15 is 0 Å². The summed E-state index contributed by atoms with van der Waals surface area (Å²) in [7, 11) is 0. The first kappa shape index (κ1) is 26.4. The average Bonchev–Trinajstić information content (AvgIpc) is 3.37. The topological polar surface area (TPSA) is 17.8 Å². The molecule has 0 radical (unpaired) electrons. The SMILES string of the molecule is c1ccc(-c2cccc(-c3ccccc3)c2-c2cccc3c2Cc2c(c4ccccc4n2-c2ccccn2)-c2ccccc2-3)cc1. The predicted octanol–water partition coefficient (Wildman–Crippen LogP) is 11.3. The molecule has 6 aromatic carbocycles. The lowest BCUT2D eigenvalue weighted by Crippen LogP contribution is -2.05. The Morgan fingerprint density at radius 3 is 1.67 bits per heavy atom. The van der Waals surface area contributed by atoms with Crippen LogP contribution in [-0.4, -0.2) is 9.55 Å². The molecule has 2 nitrogen and oxygen atoms in total. The summed E-state index contributed by atoms with van der Waals surface area (Å²) >= 11 is 0. The van der Waals surface area contributed by atoms with E-state index in [1.165, 1.54) is 77.8 Å². The van der Waals surface area contributed by atoms with E-state index in [2.05, 4.69) is 162 Å². The third kappa shape index (κ3) is 4.15. The number of hydrogen-bond acceptors (Lipinski definition) is 1. The van der Waals surface area contributed by atoms with Crippen LogP contribution in [0.4, 0.5) is 0 Å². The first-order valence-corrected chi connectivity index (χ1v) is 15.9. The number of benzene rings is 6. The minimum atomic E-state index is 0.762. The molecule has 0 saturated carbocycles. The Morgan fingerprint density at radius 1 is 0.413 bits per heavy atom. The number of rotatable bonds is 4. The summed E-state index contributed by atoms with van der Waals surface area (Å²) in [6.07, 6.45) is 2.65. The number of pyridine rings is 1. The molecular weight excluding hydrogens is 556 g/mol. The van der Waals surface area contributed by atoms with E-state index in [9.17, 15) is 0 Å². The van der Waals surface area contributed by atoms with Crippen molar-refractivity contribution in [1.82, 2.24) is 9.55 Å². The predicted molar refractivity (Wildman–Crippen MR) is 191 cm³/mol. The van der Waals surface area contributed by atoms with Crippen molar-refractivity contribution < 1.29 is 0 Å². The summed E-state index contributed by atoms with van der Waals surface area (Å²) in [5.74, 6) is 0.938. The van der Waals surface area contributed by atoms with Gasteiger partial charge in [-0.15, -0.1) is 0 Å². The van der Waals surface area contributed by atoms with Gasteiger partial charge in [0.15, 0.2) is 0 Å². The smallest absolute Gasteiger partial charge is 0.137 e. The van der Waals surface area contributed by atoms with Crippen molar-refractivity contribution in [3.8, 4) is 61.5 Å². The lowest BCUT2D eigenvalue weighted by atomic mass is 9.83. The van der Waals surface area contributed by atoms with Crippen LogP contribution in [0.1, 0.15) is 11.3 Å². The van der Waals surface area contributed by atoms with E-state index in [-0.39, 0.29) is 0 Å². The molecule has 216 valence electrons. The third-order valence-corrected chi connectivity index (χ3v) is 9.36. The van der Waals surface area contributed by atoms with Crippen molar-refractivity contribution >= 4 is 10.9 Å². The zero-order chi connectivity index (χ0) is 30.5. The maximum atomic E-state index is 4.87. The van der Waals surface area contributed by atoms with Crippen LogP contribution in [-0.2, 0) is 6.42 Å². The van der Waals surface area contributed by atoms with Crippen LogP contribution >= 0.6 is 0 Å². The molecule has 0 aliphatic heterocycles. The summed E-state index contributed by atoms with van der Waals surface area (Å²) in [5.41, 5.74) is 16.3. The zero-order valence-corrected chi connectivity index (χ0v) is 25.3. The second kappa shape index (κ2) is 10.9. The van der Waals surface area contributed by atoms with E-state index in [0.29, 0.717) is 0 Å². The monoisotopic (exact) mass is 586 g/mol. The lowest BCUT2D eigenvalue weighted by Gasteiger charge is -2.21. The highest BCUT2D eigenvalue weighted by atomic mass is 15.1. The summed E-state index contributed by atoms with van der Waals surface area (Å²) in [4.78, 5) is 4.87. The Labute approximate surface area is 268 Å². The van der Waals surface area contributed by atoms with E-state index in [0.717, 1.165) is 12.2 Å². The number of nitrogens with zero attached hydrogens (tertiary/aromatic N) is 2. The van der Waals surface area contributed by atoms with E-state index < -0.39 is 0 Å². The minimum absolute atomic E-state index is 0.762. The van der Waals surface area contributed by atoms with Crippen LogP contribution in [0.25, 0.3) is 72.4 Å². The van der Waals surface area contributed by atoms with Crippen LogP contribution in [0.15, 0.2) is 170 Å². The van der Waals surface area contributed by atoms with Crippen molar-refractivity contribution in [2.75, 3.05) is 0 Å². The van der Waals surface area contributed by atoms with Gasteiger partial charge < -0.3 is 0 Å². The van der Waals surface area contributed by atoms with Crippen LogP contribution in [0, 0.1) is 0 Å². The van der Waals surface area contributed by atoms with E-state index in [4.69, 9.17) is 4.98 Å². The minimum Gasteiger partial charge on any atom is -0.297 e. The van der Waals surface area contributed by atoms with Gasteiger partial charge in [0.05, 0.1) is 5.52 Å². The molecule has 0 N–H and O–H groups in total. The maximum Gasteiger partial charge on any atom is 0.137 e. The Morgan fingerprint density at radius 2 is 0.978 bits per heavy atom. The summed E-state index contributed by atoms with van der Waals surface area (Å²) in [6.45, 7) is 0. The molecule has 0 spiro atoms. The van der Waals surface area contributed by atoms with Gasteiger partial charge >= 0.3 is 0 Å². The highest BCUT2D eigenvalue weighted by Crippen LogP contribution is 2.50. The standard InChI is InChI=1S/C44H30N2/c1-3-15-30(16-4-1)32-22-13-23-33(31-17-5-2-6-18-31)43(32)37-25-14-24-35-34-19-7-8-20-36(34)44-38-21-9-10-26-40(38)46(41(44)29-39(35)37)42-27-11-12-28-45-42/h1-28H,29H2. The Hall–Kier alpha value is -5.99. The fourth-order valence-corrected chi connectivity index (χ4v) is 7.43. The second-order valence-electron chi connectivity index (χ2n) is 11.9. The Kier molecular flexibility index (Phi) is 6.24. The van der Waals surface area contributed by atoms with Crippen LogP contribution in [0.5, 0.6) is 0 Å². The van der Waals surface area contributed by atoms with Crippen LogP contribution in [0.2, 0.25) is 0 Å². The van der Waals surface area contributed by atoms with Crippen molar-refractivity contribution in [2.24, 2.45) is 0 Å².